The van der Waals surface area contributed by atoms with Gasteiger partial charge in [0.2, 0.25) is 5.91 Å². The van der Waals surface area contributed by atoms with Gasteiger partial charge in [0.15, 0.2) is 0 Å². The average Bonchev–Trinajstić information content (AvgIpc) is 3.05. The Balaban J connectivity index is 1.49. The van der Waals surface area contributed by atoms with E-state index in [1.807, 2.05) is 73.7 Å². The Labute approximate surface area is 187 Å². The fraction of sp³-hybridized carbons (Fsp3) is 0.0870. The van der Waals surface area contributed by atoms with Crippen molar-refractivity contribution < 1.29 is 4.79 Å². The summed E-state index contributed by atoms with van der Waals surface area (Å²) in [6.07, 6.45) is 1.75. The summed E-state index contributed by atoms with van der Waals surface area (Å²) in [7, 11) is 0. The molecular weight excluding hydrogens is 464 g/mol. The number of fused-ring (bicyclic) bond motifs is 1. The summed E-state index contributed by atoms with van der Waals surface area (Å²) < 4.78 is 2.65. The number of aryl methyl sites for hydroxylation is 1. The molecule has 5 nitrogen and oxygen atoms in total. The van der Waals surface area contributed by atoms with Crippen LogP contribution in [0.3, 0.4) is 0 Å². The van der Waals surface area contributed by atoms with Crippen LogP contribution in [0.5, 0.6) is 0 Å². The second kappa shape index (κ2) is 8.81. The molecule has 1 heterocycles. The lowest BCUT2D eigenvalue weighted by Gasteiger charge is -2.07. The predicted octanol–water partition coefficient (Wildman–Crippen LogP) is 5.44. The third-order valence-electron chi connectivity index (χ3n) is 4.74. The predicted molar refractivity (Wildman–Crippen MR) is 124 cm³/mol. The van der Waals surface area contributed by atoms with E-state index in [1.165, 1.54) is 6.21 Å². The molecule has 30 heavy (non-hydrogen) atoms. The summed E-state index contributed by atoms with van der Waals surface area (Å²) in [5.41, 5.74) is 5.77. The van der Waals surface area contributed by atoms with E-state index in [2.05, 4.69) is 31.6 Å². The Morgan fingerprint density at radius 2 is 1.80 bits per heavy atom. The standard InChI is InChI=1S/C23H18BrClN4O/c1-15-20(23(25)29(28-15)17-7-3-2-4-8-17)14-26-27-22(30)13-16-11-12-21(24)19-10-6-5-9-18(16)19/h2-12,14H,13H2,1H3,(H,27,30). The van der Waals surface area contributed by atoms with Gasteiger partial charge >= 0.3 is 0 Å². The zero-order chi connectivity index (χ0) is 21.1. The van der Waals surface area contributed by atoms with Gasteiger partial charge in [0, 0.05) is 4.47 Å². The van der Waals surface area contributed by atoms with Gasteiger partial charge in [-0.3, -0.25) is 4.79 Å². The first-order valence-corrected chi connectivity index (χ1v) is 10.5. The van der Waals surface area contributed by atoms with Crippen LogP contribution < -0.4 is 5.43 Å². The maximum absolute atomic E-state index is 12.4. The molecule has 7 heteroatoms. The van der Waals surface area contributed by atoms with Crippen LogP contribution in [0.15, 0.2) is 76.3 Å². The quantitative estimate of drug-likeness (QED) is 0.305. The highest BCUT2D eigenvalue weighted by Gasteiger charge is 2.13. The van der Waals surface area contributed by atoms with E-state index < -0.39 is 0 Å². The monoisotopic (exact) mass is 480 g/mol. The number of hydrazone groups is 1. The Kier molecular flexibility index (Phi) is 5.97. The van der Waals surface area contributed by atoms with Crippen molar-refractivity contribution in [2.45, 2.75) is 13.3 Å². The smallest absolute Gasteiger partial charge is 0.244 e. The van der Waals surface area contributed by atoms with Crippen molar-refractivity contribution in [3.8, 4) is 5.69 Å². The number of aromatic nitrogens is 2. The fourth-order valence-corrected chi connectivity index (χ4v) is 4.06. The van der Waals surface area contributed by atoms with Gasteiger partial charge in [-0.1, -0.05) is 76.1 Å². The van der Waals surface area contributed by atoms with Gasteiger partial charge in [-0.15, -0.1) is 0 Å². The minimum Gasteiger partial charge on any atom is -0.273 e. The van der Waals surface area contributed by atoms with E-state index in [9.17, 15) is 4.79 Å². The molecule has 0 saturated carbocycles. The first kappa shape index (κ1) is 20.3. The molecule has 0 aliphatic rings. The van der Waals surface area contributed by atoms with E-state index in [0.29, 0.717) is 10.7 Å². The van der Waals surface area contributed by atoms with Gasteiger partial charge in [0.1, 0.15) is 5.15 Å². The molecule has 4 rings (SSSR count). The van der Waals surface area contributed by atoms with Gasteiger partial charge in [0.05, 0.1) is 29.6 Å². The van der Waals surface area contributed by atoms with Crippen LogP contribution >= 0.6 is 27.5 Å². The number of carbonyl (C=O) groups is 1. The highest BCUT2D eigenvalue weighted by atomic mass is 79.9. The third-order valence-corrected chi connectivity index (χ3v) is 5.80. The fourth-order valence-electron chi connectivity index (χ4n) is 3.26. The van der Waals surface area contributed by atoms with Crippen LogP contribution in [0.4, 0.5) is 0 Å². The number of para-hydroxylation sites is 1. The molecule has 0 fully saturated rings. The average molecular weight is 482 g/mol. The molecule has 4 aromatic rings. The summed E-state index contributed by atoms with van der Waals surface area (Å²) in [6, 6.07) is 21.5. The number of rotatable bonds is 5. The number of carbonyl (C=O) groups excluding carboxylic acids is 1. The van der Waals surface area contributed by atoms with Gasteiger partial charge in [0.25, 0.3) is 0 Å². The normalized spacial score (nSPS) is 11.3. The van der Waals surface area contributed by atoms with Crippen molar-refractivity contribution in [3.63, 3.8) is 0 Å². The highest BCUT2D eigenvalue weighted by Crippen LogP contribution is 2.27. The number of nitrogens with zero attached hydrogens (tertiary/aromatic N) is 3. The third kappa shape index (κ3) is 4.15. The Hall–Kier alpha value is -2.96. The zero-order valence-corrected chi connectivity index (χ0v) is 18.5. The van der Waals surface area contributed by atoms with Crippen LogP contribution in [-0.2, 0) is 11.2 Å². The number of halogens is 2. The van der Waals surface area contributed by atoms with Crippen LogP contribution in [0, 0.1) is 6.92 Å². The van der Waals surface area contributed by atoms with Gasteiger partial charge < -0.3 is 0 Å². The largest absolute Gasteiger partial charge is 0.273 e. The Morgan fingerprint density at radius 3 is 2.57 bits per heavy atom. The maximum Gasteiger partial charge on any atom is 0.244 e. The topological polar surface area (TPSA) is 59.3 Å². The van der Waals surface area contributed by atoms with Crippen LogP contribution in [0.1, 0.15) is 16.8 Å². The van der Waals surface area contributed by atoms with Gasteiger partial charge in [-0.25, -0.2) is 10.1 Å². The number of nitrogens with one attached hydrogen (secondary N) is 1. The van der Waals surface area contributed by atoms with Gasteiger partial charge in [-0.05, 0) is 41.5 Å². The number of benzene rings is 3. The van der Waals surface area contributed by atoms with E-state index in [4.69, 9.17) is 11.6 Å². The second-order valence-electron chi connectivity index (χ2n) is 6.76. The van der Waals surface area contributed by atoms with E-state index in [0.717, 1.165) is 32.2 Å². The highest BCUT2D eigenvalue weighted by molar-refractivity contribution is 9.10. The molecule has 150 valence electrons. The van der Waals surface area contributed by atoms with Gasteiger partial charge in [-0.2, -0.15) is 10.2 Å². The molecule has 0 bridgehead atoms. The molecule has 1 aromatic heterocycles. The molecule has 0 spiro atoms. The minimum absolute atomic E-state index is 0.206. The Bertz CT molecular complexity index is 1250. The van der Waals surface area contributed by atoms with E-state index in [1.54, 1.807) is 4.68 Å². The van der Waals surface area contributed by atoms with Crippen molar-refractivity contribution in [1.82, 2.24) is 15.2 Å². The first-order chi connectivity index (χ1) is 14.5. The summed E-state index contributed by atoms with van der Waals surface area (Å²) in [5, 5.41) is 11.1. The molecule has 0 atom stereocenters. The van der Waals surface area contributed by atoms with E-state index in [-0.39, 0.29) is 12.3 Å². The van der Waals surface area contributed by atoms with Crippen LogP contribution in [0.25, 0.3) is 16.5 Å². The summed E-state index contributed by atoms with van der Waals surface area (Å²) >= 11 is 10.0. The number of hydrogen-bond donors (Lipinski definition) is 1. The summed E-state index contributed by atoms with van der Waals surface area (Å²) in [5.74, 6) is -0.206. The maximum atomic E-state index is 12.4. The first-order valence-electron chi connectivity index (χ1n) is 9.33. The van der Waals surface area contributed by atoms with Crippen molar-refractivity contribution in [2.75, 3.05) is 0 Å². The molecule has 0 unspecified atom stereocenters. The molecule has 1 amide bonds. The lowest BCUT2D eigenvalue weighted by atomic mass is 10.0. The van der Waals surface area contributed by atoms with Crippen molar-refractivity contribution in [1.29, 1.82) is 0 Å². The van der Waals surface area contributed by atoms with Crippen molar-refractivity contribution >= 4 is 50.4 Å². The lowest BCUT2D eigenvalue weighted by molar-refractivity contribution is -0.120. The van der Waals surface area contributed by atoms with E-state index >= 15 is 0 Å². The van der Waals surface area contributed by atoms with Crippen molar-refractivity contribution in [2.24, 2.45) is 5.10 Å². The molecule has 0 saturated heterocycles. The number of amides is 1. The summed E-state index contributed by atoms with van der Waals surface area (Å²) in [6.45, 7) is 1.85. The van der Waals surface area contributed by atoms with Crippen LogP contribution in [-0.4, -0.2) is 21.9 Å². The minimum atomic E-state index is -0.206. The Morgan fingerprint density at radius 1 is 1.10 bits per heavy atom. The van der Waals surface area contributed by atoms with Crippen LogP contribution in [0.2, 0.25) is 5.15 Å². The second-order valence-corrected chi connectivity index (χ2v) is 7.97. The molecule has 3 aromatic carbocycles. The SMILES string of the molecule is Cc1nn(-c2ccccc2)c(Cl)c1C=NNC(=O)Cc1ccc(Br)c2ccccc12. The molecule has 0 aliphatic heterocycles. The van der Waals surface area contributed by atoms with Crippen molar-refractivity contribution in [3.05, 3.63) is 93.2 Å². The number of hydrogen-bond acceptors (Lipinski definition) is 3. The summed E-state index contributed by atoms with van der Waals surface area (Å²) in [4.78, 5) is 12.4. The zero-order valence-electron chi connectivity index (χ0n) is 16.1. The molecule has 0 radical (unpaired) electrons. The molecular formula is C23H18BrClN4O. The molecule has 1 N–H and O–H groups in total. The lowest BCUT2D eigenvalue weighted by Crippen LogP contribution is -2.20. The molecule has 0 aliphatic carbocycles.